The van der Waals surface area contributed by atoms with Crippen molar-refractivity contribution in [2.45, 2.75) is 84.9 Å². The van der Waals surface area contributed by atoms with Crippen LogP contribution in [0.15, 0.2) is 12.2 Å². The van der Waals surface area contributed by atoms with E-state index in [-0.39, 0.29) is 0 Å². The van der Waals surface area contributed by atoms with Gasteiger partial charge in [0.1, 0.15) is 6.61 Å². The molecule has 0 radical (unpaired) electrons. The highest BCUT2D eigenvalue weighted by Gasteiger charge is 3.01. The standard InChI is InChI=1S/C18H11F23O3/c1-5(2)6(42)44-4-7(3,43)9(20,21)12(26,27)14(30,31)16(34,35)15(32,33)13(28,29)10(22,23)8(19,17(36,37)38)11(24,25)18(39,40)41/h43H,1,4H2,2-3H3. The predicted molar refractivity (Wildman–Crippen MR) is 91.9 cm³/mol. The van der Waals surface area contributed by atoms with Gasteiger partial charge in [-0.25, -0.2) is 9.18 Å². The number of hydrogen-bond donors (Lipinski definition) is 1. The molecule has 0 amide bonds. The molecule has 44 heavy (non-hydrogen) atoms. The lowest BCUT2D eigenvalue weighted by molar-refractivity contribution is -0.485. The maximum Gasteiger partial charge on any atom is 0.457 e. The van der Waals surface area contributed by atoms with E-state index >= 15 is 0 Å². The molecule has 0 saturated heterocycles. The fourth-order valence-corrected chi connectivity index (χ4v) is 2.71. The molecule has 26 heteroatoms. The topological polar surface area (TPSA) is 46.5 Å². The number of carbonyl (C=O) groups excluding carboxylic acids is 1. The molecule has 0 aliphatic heterocycles. The SMILES string of the molecule is C=C(C)C(=O)OCC(C)(O)C(F)(F)C(F)(F)C(F)(F)C(F)(F)C(F)(F)C(F)(F)C(F)(F)C(F)(C(F)(F)F)C(F)(F)C(F)(F)F. The fraction of sp³-hybridized carbons (Fsp3) is 0.833. The van der Waals surface area contributed by atoms with Crippen LogP contribution in [0.2, 0.25) is 0 Å². The number of rotatable bonds is 12. The molecule has 0 spiro atoms. The Hall–Kier alpha value is -2.44. The Morgan fingerprint density at radius 2 is 0.795 bits per heavy atom. The van der Waals surface area contributed by atoms with Crippen molar-refractivity contribution in [2.24, 2.45) is 0 Å². The summed E-state index contributed by atoms with van der Waals surface area (Å²) in [5.74, 6) is -74.4. The molecule has 2 unspecified atom stereocenters. The van der Waals surface area contributed by atoms with Gasteiger partial charge in [-0.15, -0.1) is 0 Å². The fourth-order valence-electron chi connectivity index (χ4n) is 2.71. The zero-order valence-corrected chi connectivity index (χ0v) is 20.4. The summed E-state index contributed by atoms with van der Waals surface area (Å²) in [7, 11) is 0. The van der Waals surface area contributed by atoms with Crippen LogP contribution >= 0.6 is 0 Å². The number of aliphatic hydroxyl groups is 1. The van der Waals surface area contributed by atoms with Gasteiger partial charge in [0.2, 0.25) is 0 Å². The molecule has 0 saturated carbocycles. The number of carbonyl (C=O) groups is 1. The van der Waals surface area contributed by atoms with Gasteiger partial charge >= 0.3 is 71.4 Å². The third-order valence-electron chi connectivity index (χ3n) is 5.49. The van der Waals surface area contributed by atoms with E-state index in [1.807, 2.05) is 0 Å². The van der Waals surface area contributed by atoms with Crippen molar-refractivity contribution < 1.29 is 116 Å². The second-order valence-corrected chi connectivity index (χ2v) is 8.88. The molecule has 0 aliphatic carbocycles. The van der Waals surface area contributed by atoms with E-state index in [0.29, 0.717) is 6.92 Å². The lowest BCUT2D eigenvalue weighted by Crippen LogP contribution is -2.80. The van der Waals surface area contributed by atoms with E-state index in [2.05, 4.69) is 11.3 Å². The van der Waals surface area contributed by atoms with Crippen LogP contribution in [0.25, 0.3) is 0 Å². The zero-order chi connectivity index (χ0) is 36.6. The second-order valence-electron chi connectivity index (χ2n) is 8.88. The predicted octanol–water partition coefficient (Wildman–Crippen LogP) is 7.77. The first-order valence-corrected chi connectivity index (χ1v) is 9.97. The zero-order valence-electron chi connectivity index (χ0n) is 20.4. The minimum absolute atomic E-state index is 0.659. The van der Waals surface area contributed by atoms with Gasteiger partial charge in [-0.2, -0.15) is 96.6 Å². The van der Waals surface area contributed by atoms with Crippen LogP contribution in [0.4, 0.5) is 101 Å². The lowest BCUT2D eigenvalue weighted by atomic mass is 9.79. The molecular formula is C18H11F23O3. The van der Waals surface area contributed by atoms with Gasteiger partial charge in [-0.3, -0.25) is 0 Å². The Morgan fingerprint density at radius 3 is 1.05 bits per heavy atom. The van der Waals surface area contributed by atoms with Crippen LogP contribution in [0.1, 0.15) is 13.8 Å². The maximum absolute atomic E-state index is 14.2. The van der Waals surface area contributed by atoms with Crippen molar-refractivity contribution in [2.75, 3.05) is 6.61 Å². The summed E-state index contributed by atoms with van der Waals surface area (Å²) >= 11 is 0. The Kier molecular flexibility index (Phi) is 9.97. The number of esters is 1. The summed E-state index contributed by atoms with van der Waals surface area (Å²) < 4.78 is 314. The number of alkyl halides is 23. The van der Waals surface area contributed by atoms with Gasteiger partial charge in [-0.1, -0.05) is 6.58 Å². The van der Waals surface area contributed by atoms with Crippen LogP contribution in [0.3, 0.4) is 0 Å². The molecule has 0 aromatic carbocycles. The number of hydrogen-bond acceptors (Lipinski definition) is 3. The van der Waals surface area contributed by atoms with Crippen molar-refractivity contribution >= 4 is 5.97 Å². The monoisotopic (exact) mass is 712 g/mol. The van der Waals surface area contributed by atoms with Crippen molar-refractivity contribution in [1.82, 2.24) is 0 Å². The summed E-state index contributed by atoms with van der Waals surface area (Å²) in [6.45, 7) is -0.135. The first-order valence-electron chi connectivity index (χ1n) is 9.97. The van der Waals surface area contributed by atoms with Crippen molar-refractivity contribution in [3.63, 3.8) is 0 Å². The van der Waals surface area contributed by atoms with Crippen LogP contribution in [-0.4, -0.2) is 88.7 Å². The molecule has 0 bridgehead atoms. The van der Waals surface area contributed by atoms with Crippen molar-refractivity contribution in [3.8, 4) is 0 Å². The molecule has 0 rings (SSSR count). The van der Waals surface area contributed by atoms with Gasteiger partial charge in [0.15, 0.2) is 5.60 Å². The molecule has 0 fully saturated rings. The van der Waals surface area contributed by atoms with E-state index in [0.717, 1.165) is 0 Å². The molecule has 0 aromatic rings. The van der Waals surface area contributed by atoms with E-state index in [9.17, 15) is 111 Å². The first-order chi connectivity index (χ1) is 18.6. The van der Waals surface area contributed by atoms with Gasteiger partial charge in [-0.05, 0) is 13.8 Å². The highest BCUT2D eigenvalue weighted by molar-refractivity contribution is 5.86. The molecule has 0 aliphatic rings. The Morgan fingerprint density at radius 1 is 0.523 bits per heavy atom. The van der Waals surface area contributed by atoms with Crippen molar-refractivity contribution in [3.05, 3.63) is 12.2 Å². The normalized spacial score (nSPS) is 18.4. The quantitative estimate of drug-likeness (QED) is 0.128. The lowest BCUT2D eigenvalue weighted by Gasteiger charge is -2.47. The molecule has 262 valence electrons. The van der Waals surface area contributed by atoms with Crippen LogP contribution in [0.5, 0.6) is 0 Å². The van der Waals surface area contributed by atoms with Crippen LogP contribution < -0.4 is 0 Å². The molecule has 2 atom stereocenters. The average molecular weight is 712 g/mol. The Balaban J connectivity index is 7.44. The van der Waals surface area contributed by atoms with E-state index in [1.54, 1.807) is 0 Å². The van der Waals surface area contributed by atoms with E-state index in [1.165, 1.54) is 0 Å². The highest BCUT2D eigenvalue weighted by Crippen LogP contribution is 2.68. The van der Waals surface area contributed by atoms with Crippen LogP contribution in [-0.2, 0) is 9.53 Å². The summed E-state index contributed by atoms with van der Waals surface area (Å²) in [6, 6.07) is 0. The van der Waals surface area contributed by atoms with Gasteiger partial charge in [0.05, 0.1) is 0 Å². The number of halogens is 23. The number of ether oxygens (including phenoxy) is 1. The van der Waals surface area contributed by atoms with Crippen molar-refractivity contribution in [1.29, 1.82) is 0 Å². The highest BCUT2D eigenvalue weighted by atomic mass is 19.4. The third kappa shape index (κ3) is 5.18. The molecule has 3 nitrogen and oxygen atoms in total. The molecule has 1 N–H and O–H groups in total. The summed E-state index contributed by atoms with van der Waals surface area (Å²) in [4.78, 5) is 11.1. The maximum atomic E-state index is 14.2. The minimum Gasteiger partial charge on any atom is -0.459 e. The van der Waals surface area contributed by atoms with E-state index in [4.69, 9.17) is 0 Å². The van der Waals surface area contributed by atoms with E-state index < -0.39 is 96.1 Å². The second kappa shape index (κ2) is 10.6. The largest absolute Gasteiger partial charge is 0.459 e. The van der Waals surface area contributed by atoms with Gasteiger partial charge in [0, 0.05) is 5.57 Å². The minimum atomic E-state index is -9.69. The molecular weight excluding hydrogens is 701 g/mol. The van der Waals surface area contributed by atoms with Gasteiger partial charge in [0.25, 0.3) is 0 Å². The van der Waals surface area contributed by atoms with Crippen LogP contribution in [0, 0.1) is 0 Å². The third-order valence-corrected chi connectivity index (χ3v) is 5.49. The van der Waals surface area contributed by atoms with Gasteiger partial charge < -0.3 is 9.84 Å². The summed E-state index contributed by atoms with van der Waals surface area (Å²) in [5, 5.41) is 9.36. The smallest absolute Gasteiger partial charge is 0.457 e. The molecule has 0 heterocycles. The first kappa shape index (κ1) is 41.6. The Bertz CT molecular complexity index is 1100. The Labute approximate surface area is 226 Å². The average Bonchev–Trinajstić information content (AvgIpc) is 2.79. The summed E-state index contributed by atoms with van der Waals surface area (Å²) in [5.41, 5.74) is -15.5. The molecule has 0 aromatic heterocycles. The summed E-state index contributed by atoms with van der Waals surface area (Å²) in [6.07, 6.45) is -17.3.